The van der Waals surface area contributed by atoms with Crippen molar-refractivity contribution >= 4 is 11.6 Å². The molecule has 0 bridgehead atoms. The molecule has 0 aliphatic heterocycles. The highest BCUT2D eigenvalue weighted by Gasteiger charge is 2.06. The van der Waals surface area contributed by atoms with Gasteiger partial charge in [0.2, 0.25) is 0 Å². The van der Waals surface area contributed by atoms with Gasteiger partial charge in [0.1, 0.15) is 5.82 Å². The van der Waals surface area contributed by atoms with Crippen LogP contribution >= 0.6 is 0 Å². The number of amides is 1. The second-order valence-electron chi connectivity index (χ2n) is 3.41. The molecule has 0 saturated heterocycles. The van der Waals surface area contributed by atoms with E-state index in [1.807, 2.05) is 0 Å². The van der Waals surface area contributed by atoms with Gasteiger partial charge < -0.3 is 10.5 Å². The van der Waals surface area contributed by atoms with Crippen LogP contribution in [0.2, 0.25) is 0 Å². The zero-order chi connectivity index (χ0) is 12.3. The van der Waals surface area contributed by atoms with Crippen molar-refractivity contribution in [3.63, 3.8) is 0 Å². The molecule has 0 spiro atoms. The summed E-state index contributed by atoms with van der Waals surface area (Å²) in [6, 6.07) is 8.25. The molecular formula is C12H9FN2O2. The van der Waals surface area contributed by atoms with E-state index in [9.17, 15) is 14.4 Å². The summed E-state index contributed by atoms with van der Waals surface area (Å²) in [5, 5.41) is 13.4. The molecule has 1 heterocycles. The molecule has 5 heteroatoms. The topological polar surface area (TPSA) is 56.0 Å². The van der Waals surface area contributed by atoms with Crippen molar-refractivity contribution in [2.75, 3.05) is 5.32 Å². The van der Waals surface area contributed by atoms with Gasteiger partial charge in [-0.15, -0.1) is 0 Å². The maximum Gasteiger partial charge on any atom is 0.256 e. The molecule has 0 aliphatic carbocycles. The highest BCUT2D eigenvalue weighted by molar-refractivity contribution is 6.04. The van der Waals surface area contributed by atoms with Crippen molar-refractivity contribution < 1.29 is 13.9 Å². The lowest BCUT2D eigenvalue weighted by atomic mass is 10.2. The minimum atomic E-state index is -0.366. The van der Waals surface area contributed by atoms with Crippen LogP contribution in [-0.2, 0) is 0 Å². The summed E-state index contributed by atoms with van der Waals surface area (Å²) in [4.78, 5) is 11.7. The highest BCUT2D eigenvalue weighted by Crippen LogP contribution is 2.09. The van der Waals surface area contributed by atoms with Crippen LogP contribution in [0.1, 0.15) is 10.4 Å². The van der Waals surface area contributed by atoms with E-state index in [1.54, 1.807) is 0 Å². The van der Waals surface area contributed by atoms with E-state index in [1.165, 1.54) is 48.8 Å². The number of carbonyl (C=O) groups is 1. The first-order chi connectivity index (χ1) is 8.15. The van der Waals surface area contributed by atoms with Gasteiger partial charge in [-0.25, -0.2) is 4.39 Å². The fourth-order valence-corrected chi connectivity index (χ4v) is 1.30. The Morgan fingerprint density at radius 1 is 1.12 bits per heavy atom. The van der Waals surface area contributed by atoms with Gasteiger partial charge in [-0.05, 0) is 24.3 Å². The van der Waals surface area contributed by atoms with E-state index in [-0.39, 0.29) is 11.7 Å². The Balaban J connectivity index is 2.11. The van der Waals surface area contributed by atoms with Gasteiger partial charge in [0, 0.05) is 17.8 Å². The van der Waals surface area contributed by atoms with Crippen LogP contribution in [0.3, 0.4) is 0 Å². The summed E-state index contributed by atoms with van der Waals surface area (Å²) in [6.07, 6.45) is 2.47. The number of aromatic nitrogens is 1. The van der Waals surface area contributed by atoms with Crippen LogP contribution in [0.15, 0.2) is 48.8 Å². The first-order valence-electron chi connectivity index (χ1n) is 4.91. The number of hydrogen-bond donors (Lipinski definition) is 1. The van der Waals surface area contributed by atoms with Crippen LogP contribution in [0.4, 0.5) is 10.1 Å². The second-order valence-corrected chi connectivity index (χ2v) is 3.41. The number of benzene rings is 1. The molecule has 1 amide bonds. The largest absolute Gasteiger partial charge is 0.619 e. The van der Waals surface area contributed by atoms with E-state index < -0.39 is 0 Å². The van der Waals surface area contributed by atoms with Crippen molar-refractivity contribution in [3.8, 4) is 0 Å². The molecule has 86 valence electrons. The molecule has 2 rings (SSSR count). The molecule has 4 nitrogen and oxygen atoms in total. The Kier molecular flexibility index (Phi) is 3.00. The normalized spacial score (nSPS) is 9.94. The summed E-state index contributed by atoms with van der Waals surface area (Å²) in [7, 11) is 0. The number of rotatable bonds is 2. The van der Waals surface area contributed by atoms with Gasteiger partial charge in [-0.1, -0.05) is 0 Å². The molecule has 0 saturated carbocycles. The Morgan fingerprint density at radius 2 is 1.71 bits per heavy atom. The van der Waals surface area contributed by atoms with Gasteiger partial charge in [-0.3, -0.25) is 4.79 Å². The Morgan fingerprint density at radius 3 is 2.29 bits per heavy atom. The first-order valence-corrected chi connectivity index (χ1v) is 4.91. The third kappa shape index (κ3) is 2.78. The predicted molar refractivity (Wildman–Crippen MR) is 59.8 cm³/mol. The second kappa shape index (κ2) is 4.61. The third-order valence-corrected chi connectivity index (χ3v) is 2.17. The molecule has 0 atom stereocenters. The summed E-state index contributed by atoms with van der Waals surface area (Å²) in [5.41, 5.74) is 0.858. The van der Waals surface area contributed by atoms with E-state index in [0.717, 1.165) is 0 Å². The predicted octanol–water partition coefficient (Wildman–Crippen LogP) is 1.71. The molecule has 0 fully saturated rings. The van der Waals surface area contributed by atoms with E-state index >= 15 is 0 Å². The number of carbonyl (C=O) groups excluding carboxylic acids is 1. The summed E-state index contributed by atoms with van der Waals surface area (Å²) in [5.74, 6) is -0.715. The molecule has 0 aliphatic rings. The van der Waals surface area contributed by atoms with Crippen molar-refractivity contribution in [3.05, 3.63) is 65.4 Å². The van der Waals surface area contributed by atoms with Crippen molar-refractivity contribution in [1.82, 2.24) is 0 Å². The maximum atomic E-state index is 12.6. The number of anilines is 1. The standard InChI is InChI=1S/C12H9FN2O2/c13-10-1-3-11(4-2-10)14-12(16)9-5-7-15(17)8-6-9/h1-8H,(H,14,16). The molecule has 0 radical (unpaired) electrons. The average Bonchev–Trinajstić information content (AvgIpc) is 2.33. The highest BCUT2D eigenvalue weighted by atomic mass is 19.1. The Hall–Kier alpha value is -2.43. The molecule has 0 unspecified atom stereocenters. The van der Waals surface area contributed by atoms with Crippen molar-refractivity contribution in [2.45, 2.75) is 0 Å². The van der Waals surface area contributed by atoms with E-state index in [4.69, 9.17) is 0 Å². The SMILES string of the molecule is O=C(Nc1ccc(F)cc1)c1cc[n+]([O-])cc1. The molecular weight excluding hydrogens is 223 g/mol. The van der Waals surface area contributed by atoms with E-state index in [0.29, 0.717) is 16.0 Å². The fourth-order valence-electron chi connectivity index (χ4n) is 1.30. The summed E-state index contributed by atoms with van der Waals surface area (Å²) in [6.45, 7) is 0. The zero-order valence-corrected chi connectivity index (χ0v) is 8.76. The smallest absolute Gasteiger partial charge is 0.256 e. The van der Waals surface area contributed by atoms with Crippen molar-refractivity contribution in [2.24, 2.45) is 0 Å². The molecule has 1 N–H and O–H groups in total. The minimum absolute atomic E-state index is 0.350. The van der Waals surface area contributed by atoms with E-state index in [2.05, 4.69) is 5.32 Å². The molecule has 1 aromatic carbocycles. The van der Waals surface area contributed by atoms with Gasteiger partial charge in [0.15, 0.2) is 12.4 Å². The quantitative estimate of drug-likeness (QED) is 0.633. The van der Waals surface area contributed by atoms with Crippen molar-refractivity contribution in [1.29, 1.82) is 0 Å². The fraction of sp³-hybridized carbons (Fsp3) is 0. The van der Waals surface area contributed by atoms with Crippen LogP contribution < -0.4 is 10.0 Å². The van der Waals surface area contributed by atoms with Crippen LogP contribution in [-0.4, -0.2) is 5.91 Å². The number of hydrogen-bond acceptors (Lipinski definition) is 2. The number of pyridine rings is 1. The minimum Gasteiger partial charge on any atom is -0.619 e. The lowest BCUT2D eigenvalue weighted by molar-refractivity contribution is -0.605. The monoisotopic (exact) mass is 232 g/mol. The number of halogens is 1. The zero-order valence-electron chi connectivity index (χ0n) is 8.76. The van der Waals surface area contributed by atoms with Crippen LogP contribution in [0.25, 0.3) is 0 Å². The Labute approximate surface area is 96.9 Å². The summed E-state index contributed by atoms with van der Waals surface area (Å²) < 4.78 is 13.2. The lowest BCUT2D eigenvalue weighted by Gasteiger charge is -2.04. The number of nitrogens with zero attached hydrogens (tertiary/aromatic N) is 1. The lowest BCUT2D eigenvalue weighted by Crippen LogP contribution is -2.25. The number of nitrogens with one attached hydrogen (secondary N) is 1. The molecule has 2 aromatic rings. The van der Waals surface area contributed by atoms with Crippen LogP contribution in [0.5, 0.6) is 0 Å². The maximum absolute atomic E-state index is 12.6. The average molecular weight is 232 g/mol. The van der Waals surface area contributed by atoms with Gasteiger partial charge >= 0.3 is 0 Å². The third-order valence-electron chi connectivity index (χ3n) is 2.17. The molecule has 1 aromatic heterocycles. The first kappa shape index (κ1) is 11.1. The van der Waals surface area contributed by atoms with Gasteiger partial charge in [-0.2, -0.15) is 4.73 Å². The summed E-state index contributed by atoms with van der Waals surface area (Å²) >= 11 is 0. The Bertz CT molecular complexity index is 523. The van der Waals surface area contributed by atoms with Gasteiger partial charge in [0.25, 0.3) is 5.91 Å². The van der Waals surface area contributed by atoms with Crippen LogP contribution in [0, 0.1) is 11.0 Å². The molecule has 17 heavy (non-hydrogen) atoms. The van der Waals surface area contributed by atoms with Gasteiger partial charge in [0.05, 0.1) is 5.56 Å².